The van der Waals surface area contributed by atoms with Crippen LogP contribution >= 0.6 is 11.3 Å². The van der Waals surface area contributed by atoms with Crippen LogP contribution in [0, 0.1) is 30.6 Å². The van der Waals surface area contributed by atoms with E-state index in [1.54, 1.807) is 11.3 Å². The molecule has 0 aromatic carbocycles. The van der Waals surface area contributed by atoms with Gasteiger partial charge in [-0.25, -0.2) is 0 Å². The van der Waals surface area contributed by atoms with E-state index in [0.29, 0.717) is 6.04 Å². The van der Waals surface area contributed by atoms with E-state index in [1.807, 2.05) is 24.7 Å². The molecule has 3 saturated carbocycles. The average molecular weight is 329 g/mol. The Kier molecular flexibility index (Phi) is 2.94. The van der Waals surface area contributed by atoms with E-state index in [4.69, 9.17) is 0 Å². The molecule has 122 valence electrons. The molecule has 3 fully saturated rings. The molecule has 0 aliphatic heterocycles. The zero-order valence-electron chi connectivity index (χ0n) is 13.7. The van der Waals surface area contributed by atoms with Crippen molar-refractivity contribution in [3.05, 3.63) is 16.6 Å². The second-order valence-electron chi connectivity index (χ2n) is 7.77. The lowest BCUT2D eigenvalue weighted by molar-refractivity contribution is 0.0905. The van der Waals surface area contributed by atoms with Crippen LogP contribution in [-0.4, -0.2) is 21.7 Å². The van der Waals surface area contributed by atoms with Gasteiger partial charge in [-0.1, -0.05) is 6.42 Å². The molecular formula is C18H23N3OS. The van der Waals surface area contributed by atoms with Crippen LogP contribution in [0.3, 0.4) is 0 Å². The molecule has 2 aromatic heterocycles. The van der Waals surface area contributed by atoms with Crippen LogP contribution in [0.2, 0.25) is 0 Å². The second-order valence-corrected chi connectivity index (χ2v) is 8.80. The Labute approximate surface area is 140 Å². The summed E-state index contributed by atoms with van der Waals surface area (Å²) in [5.41, 5.74) is 1.01. The zero-order valence-corrected chi connectivity index (χ0v) is 14.5. The van der Waals surface area contributed by atoms with Gasteiger partial charge in [-0.15, -0.1) is 11.3 Å². The third-order valence-electron chi connectivity index (χ3n) is 6.67. The highest BCUT2D eigenvalue weighted by molar-refractivity contribution is 7.20. The first kappa shape index (κ1) is 14.0. The molecule has 5 atom stereocenters. The van der Waals surface area contributed by atoms with Crippen molar-refractivity contribution < 1.29 is 4.79 Å². The maximum atomic E-state index is 12.7. The minimum absolute atomic E-state index is 0.123. The van der Waals surface area contributed by atoms with Gasteiger partial charge in [-0.05, 0) is 62.3 Å². The lowest BCUT2D eigenvalue weighted by Crippen LogP contribution is -2.42. The Balaban J connectivity index is 1.36. The predicted octanol–water partition coefficient (Wildman–Crippen LogP) is 3.50. The molecule has 1 amide bonds. The van der Waals surface area contributed by atoms with Crippen LogP contribution in [-0.2, 0) is 7.05 Å². The molecule has 1 N–H and O–H groups in total. The van der Waals surface area contributed by atoms with Gasteiger partial charge in [0.1, 0.15) is 4.83 Å². The van der Waals surface area contributed by atoms with Gasteiger partial charge in [0.05, 0.1) is 10.6 Å². The Morgan fingerprint density at radius 2 is 2.13 bits per heavy atom. The number of carbonyl (C=O) groups is 1. The standard InChI is InChI=1S/C18H23N3OS/c1-9-13-8-16(23-18(13)21(2)20-9)17(22)19-15-7-10-6-14(15)12-5-3-4-11(10)12/h8,10-12,14-15H,3-7H2,1-2H3,(H,19,22)/t10-,11+,12+,14+,15-/m1/s1. The average Bonchev–Trinajstić information content (AvgIpc) is 3.27. The zero-order chi connectivity index (χ0) is 15.7. The van der Waals surface area contributed by atoms with E-state index < -0.39 is 0 Å². The molecule has 3 aliphatic rings. The summed E-state index contributed by atoms with van der Waals surface area (Å²) in [5, 5.41) is 8.90. The molecule has 0 unspecified atom stereocenters. The minimum Gasteiger partial charge on any atom is -0.348 e. The van der Waals surface area contributed by atoms with Gasteiger partial charge in [-0.3, -0.25) is 9.48 Å². The van der Waals surface area contributed by atoms with Crippen molar-refractivity contribution >= 4 is 27.5 Å². The normalized spacial score (nSPS) is 35.1. The fraction of sp³-hybridized carbons (Fsp3) is 0.667. The lowest BCUT2D eigenvalue weighted by Gasteiger charge is -2.31. The number of thiophene rings is 1. The maximum absolute atomic E-state index is 12.7. The van der Waals surface area contributed by atoms with Crippen molar-refractivity contribution in [2.24, 2.45) is 30.7 Å². The monoisotopic (exact) mass is 329 g/mol. The Morgan fingerprint density at radius 3 is 2.96 bits per heavy atom. The van der Waals surface area contributed by atoms with Crippen molar-refractivity contribution in [1.29, 1.82) is 0 Å². The first-order valence-corrected chi connectivity index (χ1v) is 9.67. The van der Waals surface area contributed by atoms with Crippen molar-refractivity contribution in [2.45, 2.75) is 45.1 Å². The summed E-state index contributed by atoms with van der Waals surface area (Å²) in [6.07, 6.45) is 6.81. The number of rotatable bonds is 2. The topological polar surface area (TPSA) is 46.9 Å². The van der Waals surface area contributed by atoms with Crippen LogP contribution < -0.4 is 5.32 Å². The number of amides is 1. The summed E-state index contributed by atoms with van der Waals surface area (Å²) in [4.78, 5) is 14.7. The van der Waals surface area contributed by atoms with Crippen LogP contribution in [0.4, 0.5) is 0 Å². The third-order valence-corrected chi connectivity index (χ3v) is 7.87. The lowest BCUT2D eigenvalue weighted by atomic mass is 9.79. The smallest absolute Gasteiger partial charge is 0.261 e. The molecule has 0 saturated heterocycles. The van der Waals surface area contributed by atoms with E-state index in [1.165, 1.54) is 32.1 Å². The number of carbonyl (C=O) groups excluding carboxylic acids is 1. The van der Waals surface area contributed by atoms with Crippen LogP contribution in [0.5, 0.6) is 0 Å². The highest BCUT2D eigenvalue weighted by Crippen LogP contribution is 2.58. The molecule has 2 bridgehead atoms. The Hall–Kier alpha value is -1.36. The highest BCUT2D eigenvalue weighted by Gasteiger charge is 2.54. The van der Waals surface area contributed by atoms with Gasteiger partial charge < -0.3 is 5.32 Å². The first-order chi connectivity index (χ1) is 11.1. The quantitative estimate of drug-likeness (QED) is 0.916. The van der Waals surface area contributed by atoms with Crippen molar-refractivity contribution in [1.82, 2.24) is 15.1 Å². The SMILES string of the molecule is Cc1nn(C)c2sc(C(=O)N[C@@H]3C[C@H]4C[C@H]3[C@H]3CCC[C@@H]43)cc12. The molecule has 23 heavy (non-hydrogen) atoms. The number of nitrogens with zero attached hydrogens (tertiary/aromatic N) is 2. The molecule has 0 spiro atoms. The summed E-state index contributed by atoms with van der Waals surface area (Å²) in [6, 6.07) is 2.43. The Morgan fingerprint density at radius 1 is 1.30 bits per heavy atom. The van der Waals surface area contributed by atoms with Gasteiger partial charge in [-0.2, -0.15) is 5.10 Å². The first-order valence-electron chi connectivity index (χ1n) is 8.86. The number of aromatic nitrogens is 2. The minimum atomic E-state index is 0.123. The largest absolute Gasteiger partial charge is 0.348 e. The number of fused-ring (bicyclic) bond motifs is 6. The van der Waals surface area contributed by atoms with Gasteiger partial charge in [0.15, 0.2) is 0 Å². The molecule has 5 rings (SSSR count). The van der Waals surface area contributed by atoms with Gasteiger partial charge in [0.25, 0.3) is 5.91 Å². The Bertz CT molecular complexity index is 757. The summed E-state index contributed by atoms with van der Waals surface area (Å²) in [5.74, 6) is 3.62. The number of aryl methyl sites for hydroxylation is 2. The number of hydrogen-bond donors (Lipinski definition) is 1. The van der Waals surface area contributed by atoms with Crippen molar-refractivity contribution in [3.8, 4) is 0 Å². The van der Waals surface area contributed by atoms with Gasteiger partial charge >= 0.3 is 0 Å². The number of nitrogens with one attached hydrogen (secondary N) is 1. The van der Waals surface area contributed by atoms with Crippen LogP contribution in [0.1, 0.15) is 47.5 Å². The van der Waals surface area contributed by atoms with E-state index >= 15 is 0 Å². The molecule has 0 radical (unpaired) electrons. The van der Waals surface area contributed by atoms with E-state index in [9.17, 15) is 4.79 Å². The third kappa shape index (κ3) is 1.95. The molecule has 3 aliphatic carbocycles. The summed E-state index contributed by atoms with van der Waals surface area (Å²) in [6.45, 7) is 2.01. The highest BCUT2D eigenvalue weighted by atomic mass is 32.1. The molecule has 2 aromatic rings. The fourth-order valence-electron chi connectivity index (χ4n) is 5.79. The summed E-state index contributed by atoms with van der Waals surface area (Å²) in [7, 11) is 1.95. The van der Waals surface area contributed by atoms with Crippen LogP contribution in [0.25, 0.3) is 10.2 Å². The molecule has 2 heterocycles. The van der Waals surface area contributed by atoms with E-state index in [2.05, 4.69) is 10.4 Å². The predicted molar refractivity (Wildman–Crippen MR) is 91.6 cm³/mol. The van der Waals surface area contributed by atoms with Gasteiger partial charge in [0, 0.05) is 18.5 Å². The fourth-order valence-corrected chi connectivity index (χ4v) is 6.82. The van der Waals surface area contributed by atoms with Crippen molar-refractivity contribution in [2.75, 3.05) is 0 Å². The molecule has 5 heteroatoms. The van der Waals surface area contributed by atoms with E-state index in [-0.39, 0.29) is 5.91 Å². The van der Waals surface area contributed by atoms with Crippen molar-refractivity contribution in [3.63, 3.8) is 0 Å². The second kappa shape index (κ2) is 4.82. The van der Waals surface area contributed by atoms with Gasteiger partial charge in [0.2, 0.25) is 0 Å². The summed E-state index contributed by atoms with van der Waals surface area (Å²) >= 11 is 1.56. The van der Waals surface area contributed by atoms with Crippen LogP contribution in [0.15, 0.2) is 6.07 Å². The van der Waals surface area contributed by atoms with E-state index in [0.717, 1.165) is 44.5 Å². The summed E-state index contributed by atoms with van der Waals surface area (Å²) < 4.78 is 1.88. The molecular weight excluding hydrogens is 306 g/mol. The number of hydrogen-bond acceptors (Lipinski definition) is 3. The maximum Gasteiger partial charge on any atom is 0.261 e. The molecule has 4 nitrogen and oxygen atoms in total.